The van der Waals surface area contributed by atoms with E-state index in [0.717, 1.165) is 0 Å². The van der Waals surface area contributed by atoms with Gasteiger partial charge in [-0.15, -0.1) is 4.67 Å². The molecule has 0 aliphatic rings. The Labute approximate surface area is 56.0 Å². The van der Waals surface area contributed by atoms with Gasteiger partial charge in [-0.2, -0.15) is 4.67 Å². The minimum absolute atomic E-state index is 2.90. The van der Waals surface area contributed by atoms with Crippen molar-refractivity contribution in [2.24, 2.45) is 0 Å². The maximum Gasteiger partial charge on any atom is 0.357 e. The van der Waals surface area contributed by atoms with Gasteiger partial charge in [0.1, 0.15) is 0 Å². The molecule has 2 unspecified atom stereocenters. The third-order valence-electron chi connectivity index (χ3n) is 0.347. The highest BCUT2D eigenvalue weighted by atomic mass is 31.2. The Morgan fingerprint density at radius 2 is 1.70 bits per heavy atom. The first-order valence-corrected chi connectivity index (χ1v) is 4.21. The van der Waals surface area contributed by atoms with E-state index in [2.05, 4.69) is 18.7 Å². The summed E-state index contributed by atoms with van der Waals surface area (Å²) < 4.78 is 30.4. The third-order valence-corrected chi connectivity index (χ3v) is 2.04. The molecule has 0 saturated heterocycles. The first-order valence-electron chi connectivity index (χ1n) is 1.76. The summed E-state index contributed by atoms with van der Waals surface area (Å²) in [5.41, 5.74) is 0. The van der Waals surface area contributed by atoms with Gasteiger partial charge >= 0.3 is 16.5 Å². The van der Waals surface area contributed by atoms with E-state index in [-0.39, 0.29) is 0 Å². The van der Waals surface area contributed by atoms with Crippen molar-refractivity contribution in [2.45, 2.75) is 0 Å². The van der Waals surface area contributed by atoms with Crippen molar-refractivity contribution in [2.75, 3.05) is 0 Å². The van der Waals surface area contributed by atoms with Crippen LogP contribution in [0.2, 0.25) is 0 Å². The Kier molecular flexibility index (Phi) is 6.10. The molecule has 2 N–H and O–H groups in total. The second-order valence-corrected chi connectivity index (χ2v) is 3.02. The summed E-state index contributed by atoms with van der Waals surface area (Å²) in [6.07, 6.45) is 0. The normalized spacial score (nSPS) is 16.6. The predicted octanol–water partition coefficient (Wildman–Crippen LogP) is 0.693. The van der Waals surface area contributed by atoms with Gasteiger partial charge in [-0.3, -0.25) is 9.13 Å². The minimum atomic E-state index is -3.23. The molecular weight excluding hydrogens is 190 g/mol. The lowest BCUT2D eigenvalue weighted by Crippen LogP contribution is -1.78. The van der Waals surface area contributed by atoms with Gasteiger partial charge in [0.25, 0.3) is 0 Å². The Morgan fingerprint density at radius 3 is 2.10 bits per heavy atom. The number of hydrogen-bond acceptors (Lipinski definition) is 8. The molecule has 0 aromatic carbocycles. The zero-order valence-corrected chi connectivity index (χ0v) is 6.34. The van der Waals surface area contributed by atoms with Crippen molar-refractivity contribution in [3.8, 4) is 0 Å². The van der Waals surface area contributed by atoms with Crippen LogP contribution in [-0.2, 0) is 27.8 Å². The highest BCUT2D eigenvalue weighted by molar-refractivity contribution is 7.47. The van der Waals surface area contributed by atoms with E-state index in [1.165, 1.54) is 0 Å². The van der Waals surface area contributed by atoms with Crippen LogP contribution in [-0.4, -0.2) is 10.5 Å². The molecule has 0 radical (unpaired) electrons. The van der Waals surface area contributed by atoms with Crippen molar-refractivity contribution in [1.29, 1.82) is 0 Å². The molecule has 0 amide bonds. The second-order valence-electron chi connectivity index (χ2n) is 0.851. The second kappa shape index (κ2) is 5.96. The molecule has 62 valence electrons. The van der Waals surface area contributed by atoms with E-state index in [0.29, 0.717) is 0 Å². The van der Waals surface area contributed by atoms with E-state index in [9.17, 15) is 9.13 Å². The van der Waals surface area contributed by atoms with E-state index >= 15 is 0 Å². The molecule has 0 spiro atoms. The Morgan fingerprint density at radius 1 is 1.10 bits per heavy atom. The molecule has 8 nitrogen and oxygen atoms in total. The van der Waals surface area contributed by atoms with Crippen molar-refractivity contribution in [1.82, 2.24) is 0 Å². The van der Waals surface area contributed by atoms with Crippen LogP contribution in [0.1, 0.15) is 0 Å². The summed E-state index contributed by atoms with van der Waals surface area (Å²) in [6.45, 7) is 0. The van der Waals surface area contributed by atoms with Gasteiger partial charge in [-0.25, -0.2) is 14.8 Å². The first-order chi connectivity index (χ1) is 4.70. The summed E-state index contributed by atoms with van der Waals surface area (Å²) in [5.74, 6) is 0. The molecule has 0 bridgehead atoms. The lowest BCUT2D eigenvalue weighted by Gasteiger charge is -1.96. The smallest absolute Gasteiger partial charge is 0.261 e. The Balaban J connectivity index is 3.47. The molecule has 0 aromatic rings. The standard InChI is InChI=1S/H4O8P2/c1-5-7-10(4)8-9(3)6-2/h1-2,9-10H. The fourth-order valence-electron chi connectivity index (χ4n) is 0.134. The highest BCUT2D eigenvalue weighted by Gasteiger charge is 2.05. The lowest BCUT2D eigenvalue weighted by atomic mass is 14.6. The van der Waals surface area contributed by atoms with Crippen LogP contribution >= 0.6 is 16.5 Å². The Bertz CT molecular complexity index is 127. The SMILES string of the molecule is O=[PH](OO)O[PH](=O)OOO. The fourth-order valence-corrected chi connectivity index (χ4v) is 1.02. The molecule has 0 aromatic heterocycles. The van der Waals surface area contributed by atoms with Gasteiger partial charge in [0, 0.05) is 0 Å². The monoisotopic (exact) mass is 194 g/mol. The maximum atomic E-state index is 10.1. The minimum Gasteiger partial charge on any atom is -0.261 e. The average Bonchev–Trinajstić information content (AvgIpc) is 1.88. The number of rotatable bonds is 5. The number of hydrogen-bond donors (Lipinski definition) is 2. The molecule has 2 atom stereocenters. The quantitative estimate of drug-likeness (QED) is 0.373. The van der Waals surface area contributed by atoms with Crippen molar-refractivity contribution >= 4 is 16.5 Å². The van der Waals surface area contributed by atoms with Gasteiger partial charge in [-0.05, 0) is 0 Å². The van der Waals surface area contributed by atoms with E-state index in [1.54, 1.807) is 0 Å². The van der Waals surface area contributed by atoms with E-state index < -0.39 is 16.5 Å². The summed E-state index contributed by atoms with van der Waals surface area (Å²) >= 11 is 0. The molecule has 0 saturated carbocycles. The van der Waals surface area contributed by atoms with Gasteiger partial charge in [0.05, 0.1) is 0 Å². The first kappa shape index (κ1) is 10.2. The van der Waals surface area contributed by atoms with E-state index in [4.69, 9.17) is 10.5 Å². The molecule has 10 heavy (non-hydrogen) atoms. The Hall–Kier alpha value is 0.220. The molecular formula is H4O8P2. The lowest BCUT2D eigenvalue weighted by molar-refractivity contribution is -0.439. The summed E-state index contributed by atoms with van der Waals surface area (Å²) in [4.78, 5) is 0. The summed E-state index contributed by atoms with van der Waals surface area (Å²) in [6, 6.07) is 0. The molecule has 0 fully saturated rings. The molecule has 0 aliphatic heterocycles. The molecule has 0 heterocycles. The largest absolute Gasteiger partial charge is 0.357 e. The van der Waals surface area contributed by atoms with Crippen LogP contribution in [0.25, 0.3) is 0 Å². The van der Waals surface area contributed by atoms with E-state index in [1.807, 2.05) is 0 Å². The van der Waals surface area contributed by atoms with Crippen LogP contribution in [0.4, 0.5) is 0 Å². The van der Waals surface area contributed by atoms with Crippen LogP contribution in [0.5, 0.6) is 0 Å². The molecule has 0 rings (SSSR count). The van der Waals surface area contributed by atoms with Crippen molar-refractivity contribution < 1.29 is 38.3 Å². The molecule has 0 aliphatic carbocycles. The van der Waals surface area contributed by atoms with Gasteiger partial charge < -0.3 is 0 Å². The third kappa shape index (κ3) is 5.04. The molecule has 10 heteroatoms. The fraction of sp³-hybridized carbons (Fsp3) is 0. The zero-order chi connectivity index (χ0) is 7.98. The van der Waals surface area contributed by atoms with Crippen LogP contribution in [0.3, 0.4) is 0 Å². The van der Waals surface area contributed by atoms with Crippen LogP contribution in [0, 0.1) is 0 Å². The van der Waals surface area contributed by atoms with Gasteiger partial charge in [0.15, 0.2) is 0 Å². The van der Waals surface area contributed by atoms with Gasteiger partial charge in [-0.1, -0.05) is 5.04 Å². The zero-order valence-electron chi connectivity index (χ0n) is 4.34. The average molecular weight is 194 g/mol. The highest BCUT2D eigenvalue weighted by Crippen LogP contribution is 2.38. The topological polar surface area (TPSA) is 112 Å². The van der Waals surface area contributed by atoms with Crippen LogP contribution in [0.15, 0.2) is 0 Å². The van der Waals surface area contributed by atoms with Gasteiger partial charge in [0.2, 0.25) is 0 Å². The summed E-state index contributed by atoms with van der Waals surface area (Å²) in [7, 11) is -6.45. The van der Waals surface area contributed by atoms with Crippen LogP contribution < -0.4 is 0 Å². The van der Waals surface area contributed by atoms with Crippen molar-refractivity contribution in [3.05, 3.63) is 0 Å². The summed E-state index contributed by atoms with van der Waals surface area (Å²) in [5, 5.41) is 17.9. The predicted molar refractivity (Wildman–Crippen MR) is 27.6 cm³/mol. The maximum absolute atomic E-state index is 10.1. The van der Waals surface area contributed by atoms with Crippen molar-refractivity contribution in [3.63, 3.8) is 0 Å².